The SMILES string of the molecule is CC(CCO)CC(=O)O. The molecule has 0 amide bonds. The third kappa shape index (κ3) is 5.30. The quantitative estimate of drug-likeness (QED) is 0.585. The summed E-state index contributed by atoms with van der Waals surface area (Å²) in [5.74, 6) is -0.705. The zero-order chi connectivity index (χ0) is 7.28. The van der Waals surface area contributed by atoms with Crippen LogP contribution in [0, 0.1) is 5.92 Å². The topological polar surface area (TPSA) is 57.5 Å². The van der Waals surface area contributed by atoms with Gasteiger partial charge in [0.15, 0.2) is 0 Å². The van der Waals surface area contributed by atoms with Crippen LogP contribution in [-0.2, 0) is 4.79 Å². The molecule has 0 radical (unpaired) electrons. The van der Waals surface area contributed by atoms with Gasteiger partial charge in [-0.15, -0.1) is 0 Å². The van der Waals surface area contributed by atoms with Crippen LogP contribution in [-0.4, -0.2) is 22.8 Å². The van der Waals surface area contributed by atoms with E-state index in [0.717, 1.165) is 0 Å². The summed E-state index contributed by atoms with van der Waals surface area (Å²) in [6, 6.07) is 0. The summed E-state index contributed by atoms with van der Waals surface area (Å²) in [7, 11) is 0. The fraction of sp³-hybridized carbons (Fsp3) is 0.833. The van der Waals surface area contributed by atoms with Crippen molar-refractivity contribution in [3.05, 3.63) is 0 Å². The predicted molar refractivity (Wildman–Crippen MR) is 33.1 cm³/mol. The first-order valence-electron chi connectivity index (χ1n) is 2.99. The molecule has 3 heteroatoms. The Labute approximate surface area is 54.3 Å². The molecular weight excluding hydrogens is 120 g/mol. The van der Waals surface area contributed by atoms with E-state index in [4.69, 9.17) is 10.2 Å². The highest BCUT2D eigenvalue weighted by Crippen LogP contribution is 2.05. The van der Waals surface area contributed by atoms with Crippen LogP contribution in [0.5, 0.6) is 0 Å². The zero-order valence-electron chi connectivity index (χ0n) is 5.50. The maximum absolute atomic E-state index is 10.0. The van der Waals surface area contributed by atoms with Crippen LogP contribution in [0.2, 0.25) is 0 Å². The summed E-state index contributed by atoms with van der Waals surface area (Å²) in [6.07, 6.45) is 0.729. The van der Waals surface area contributed by atoms with Crippen LogP contribution in [0.4, 0.5) is 0 Å². The van der Waals surface area contributed by atoms with Crippen LogP contribution in [0.15, 0.2) is 0 Å². The molecule has 0 spiro atoms. The van der Waals surface area contributed by atoms with Gasteiger partial charge in [-0.1, -0.05) is 6.92 Å². The fourth-order valence-electron chi connectivity index (χ4n) is 0.621. The van der Waals surface area contributed by atoms with E-state index in [1.165, 1.54) is 0 Å². The minimum Gasteiger partial charge on any atom is -0.481 e. The third-order valence-electron chi connectivity index (χ3n) is 1.14. The Morgan fingerprint density at radius 3 is 2.56 bits per heavy atom. The van der Waals surface area contributed by atoms with Crippen LogP contribution in [0.3, 0.4) is 0 Å². The standard InChI is InChI=1S/C6H12O3/c1-5(2-3-7)4-6(8)9/h5,7H,2-4H2,1H3,(H,8,9). The molecular formula is C6H12O3. The average molecular weight is 132 g/mol. The van der Waals surface area contributed by atoms with Crippen molar-refractivity contribution < 1.29 is 15.0 Å². The van der Waals surface area contributed by atoms with E-state index >= 15 is 0 Å². The summed E-state index contributed by atoms with van der Waals surface area (Å²) in [4.78, 5) is 10.0. The summed E-state index contributed by atoms with van der Waals surface area (Å²) in [5, 5.41) is 16.6. The molecule has 0 aromatic rings. The molecule has 0 aromatic heterocycles. The molecule has 0 fully saturated rings. The Morgan fingerprint density at radius 2 is 2.22 bits per heavy atom. The molecule has 0 aliphatic carbocycles. The lowest BCUT2D eigenvalue weighted by Crippen LogP contribution is -2.05. The molecule has 1 atom stereocenters. The number of aliphatic carboxylic acids is 1. The number of hydrogen-bond acceptors (Lipinski definition) is 2. The summed E-state index contributed by atoms with van der Waals surface area (Å²) < 4.78 is 0. The Morgan fingerprint density at radius 1 is 1.67 bits per heavy atom. The number of aliphatic hydroxyl groups excluding tert-OH is 1. The van der Waals surface area contributed by atoms with Crippen molar-refractivity contribution >= 4 is 5.97 Å². The Hall–Kier alpha value is -0.570. The van der Waals surface area contributed by atoms with Crippen molar-refractivity contribution in [1.82, 2.24) is 0 Å². The van der Waals surface area contributed by atoms with Crippen molar-refractivity contribution in [2.45, 2.75) is 19.8 Å². The number of carboxylic acids is 1. The van der Waals surface area contributed by atoms with Gasteiger partial charge >= 0.3 is 5.97 Å². The van der Waals surface area contributed by atoms with Gasteiger partial charge in [0.25, 0.3) is 0 Å². The molecule has 0 aliphatic heterocycles. The van der Waals surface area contributed by atoms with Crippen molar-refractivity contribution in [3.8, 4) is 0 Å². The molecule has 9 heavy (non-hydrogen) atoms. The van der Waals surface area contributed by atoms with Gasteiger partial charge in [0, 0.05) is 13.0 Å². The normalized spacial score (nSPS) is 13.1. The second kappa shape index (κ2) is 4.32. The van der Waals surface area contributed by atoms with Gasteiger partial charge in [0.2, 0.25) is 0 Å². The Balaban J connectivity index is 3.26. The second-order valence-corrected chi connectivity index (χ2v) is 2.22. The Kier molecular flexibility index (Phi) is 4.05. The first-order valence-corrected chi connectivity index (χ1v) is 2.99. The van der Waals surface area contributed by atoms with E-state index in [0.29, 0.717) is 6.42 Å². The number of carbonyl (C=O) groups is 1. The lowest BCUT2D eigenvalue weighted by atomic mass is 10.1. The minimum absolute atomic E-state index is 0.0778. The van der Waals surface area contributed by atoms with Gasteiger partial charge in [-0.25, -0.2) is 0 Å². The molecule has 0 rings (SSSR count). The zero-order valence-corrected chi connectivity index (χ0v) is 5.50. The third-order valence-corrected chi connectivity index (χ3v) is 1.14. The van der Waals surface area contributed by atoms with Gasteiger partial charge in [-0.2, -0.15) is 0 Å². The first-order chi connectivity index (χ1) is 4.16. The van der Waals surface area contributed by atoms with E-state index in [1.807, 2.05) is 6.92 Å². The molecule has 1 unspecified atom stereocenters. The van der Waals surface area contributed by atoms with E-state index < -0.39 is 5.97 Å². The van der Waals surface area contributed by atoms with Crippen LogP contribution in [0.1, 0.15) is 19.8 Å². The molecule has 0 saturated heterocycles. The molecule has 3 nitrogen and oxygen atoms in total. The molecule has 0 heterocycles. The number of carboxylic acid groups (broad SMARTS) is 1. The van der Waals surface area contributed by atoms with E-state index in [1.54, 1.807) is 0 Å². The van der Waals surface area contributed by atoms with Crippen LogP contribution >= 0.6 is 0 Å². The lowest BCUT2D eigenvalue weighted by Gasteiger charge is -2.03. The molecule has 0 bridgehead atoms. The molecule has 2 N–H and O–H groups in total. The lowest BCUT2D eigenvalue weighted by molar-refractivity contribution is -0.138. The second-order valence-electron chi connectivity index (χ2n) is 2.22. The van der Waals surface area contributed by atoms with Gasteiger partial charge < -0.3 is 10.2 Å². The maximum atomic E-state index is 10.0. The molecule has 0 aromatic carbocycles. The minimum atomic E-state index is -0.795. The van der Waals surface area contributed by atoms with E-state index in [-0.39, 0.29) is 18.9 Å². The monoisotopic (exact) mass is 132 g/mol. The summed E-state index contributed by atoms with van der Waals surface area (Å²) >= 11 is 0. The summed E-state index contributed by atoms with van der Waals surface area (Å²) in [6.45, 7) is 1.89. The van der Waals surface area contributed by atoms with Gasteiger partial charge in [0.1, 0.15) is 0 Å². The first kappa shape index (κ1) is 8.43. The number of hydrogen-bond donors (Lipinski definition) is 2. The largest absolute Gasteiger partial charge is 0.481 e. The van der Waals surface area contributed by atoms with Crippen molar-refractivity contribution in [1.29, 1.82) is 0 Å². The smallest absolute Gasteiger partial charge is 0.303 e. The highest BCUT2D eigenvalue weighted by atomic mass is 16.4. The fourth-order valence-corrected chi connectivity index (χ4v) is 0.621. The van der Waals surface area contributed by atoms with Gasteiger partial charge in [0.05, 0.1) is 0 Å². The van der Waals surface area contributed by atoms with Gasteiger partial charge in [-0.05, 0) is 12.3 Å². The highest BCUT2D eigenvalue weighted by molar-refractivity contribution is 5.66. The highest BCUT2D eigenvalue weighted by Gasteiger charge is 2.05. The van der Waals surface area contributed by atoms with Gasteiger partial charge in [-0.3, -0.25) is 4.79 Å². The Bertz CT molecular complexity index is 90.3. The van der Waals surface area contributed by atoms with Crippen LogP contribution in [0.25, 0.3) is 0 Å². The van der Waals surface area contributed by atoms with E-state index in [9.17, 15) is 4.79 Å². The number of aliphatic hydroxyl groups is 1. The maximum Gasteiger partial charge on any atom is 0.303 e. The average Bonchev–Trinajstić information content (AvgIpc) is 1.63. The van der Waals surface area contributed by atoms with Crippen molar-refractivity contribution in [3.63, 3.8) is 0 Å². The van der Waals surface area contributed by atoms with Crippen molar-refractivity contribution in [2.24, 2.45) is 5.92 Å². The number of rotatable bonds is 4. The summed E-state index contributed by atoms with van der Waals surface area (Å²) in [5.41, 5.74) is 0. The molecule has 54 valence electrons. The molecule has 0 aliphatic rings. The molecule has 0 saturated carbocycles. The predicted octanol–water partition coefficient (Wildman–Crippen LogP) is 0.480. The van der Waals surface area contributed by atoms with E-state index in [2.05, 4.69) is 0 Å². The van der Waals surface area contributed by atoms with Crippen LogP contribution < -0.4 is 0 Å². The van der Waals surface area contributed by atoms with Crippen molar-refractivity contribution in [2.75, 3.05) is 6.61 Å².